The number of carboxylic acid groups (broad SMARTS) is 1. The summed E-state index contributed by atoms with van der Waals surface area (Å²) in [5.74, 6) is -0.500. The van der Waals surface area contributed by atoms with Crippen molar-refractivity contribution in [2.24, 2.45) is 5.92 Å². The van der Waals surface area contributed by atoms with Crippen molar-refractivity contribution in [3.63, 3.8) is 0 Å². The lowest BCUT2D eigenvalue weighted by molar-refractivity contribution is -0.140. The summed E-state index contributed by atoms with van der Waals surface area (Å²) in [5, 5.41) is 11.5. The quantitative estimate of drug-likeness (QED) is 0.645. The summed E-state index contributed by atoms with van der Waals surface area (Å²) in [4.78, 5) is 24.2. The molecule has 5 heteroatoms. The normalized spacial score (nSPS) is 18.5. The molecule has 1 heterocycles. The van der Waals surface area contributed by atoms with E-state index in [1.807, 2.05) is 11.8 Å². The molecule has 1 aliphatic rings. The van der Waals surface area contributed by atoms with E-state index in [4.69, 9.17) is 5.11 Å². The molecule has 0 bridgehead atoms. The minimum absolute atomic E-state index is 0.0484. The number of hydrogen-bond acceptors (Lipinski definition) is 3. The summed E-state index contributed by atoms with van der Waals surface area (Å²) in [6.45, 7) is 6.12. The summed E-state index contributed by atoms with van der Waals surface area (Å²) < 4.78 is 0. The zero-order chi connectivity index (χ0) is 12.8. The van der Waals surface area contributed by atoms with Crippen LogP contribution in [0.4, 0.5) is 0 Å². The zero-order valence-electron chi connectivity index (χ0n) is 10.6. The summed E-state index contributed by atoms with van der Waals surface area (Å²) in [6, 6.07) is -0.142. The van der Waals surface area contributed by atoms with Crippen LogP contribution in [0.15, 0.2) is 0 Å². The fourth-order valence-electron chi connectivity index (χ4n) is 2.00. The van der Waals surface area contributed by atoms with Crippen LogP contribution < -0.4 is 5.32 Å². The highest BCUT2D eigenvalue weighted by Gasteiger charge is 2.34. The Balaban J connectivity index is 2.19. The van der Waals surface area contributed by atoms with Crippen LogP contribution in [0.3, 0.4) is 0 Å². The largest absolute Gasteiger partial charge is 0.481 e. The minimum atomic E-state index is -0.755. The lowest BCUT2D eigenvalue weighted by Gasteiger charge is -2.41. The maximum absolute atomic E-state index is 11.7. The Morgan fingerprint density at radius 2 is 2.12 bits per heavy atom. The summed E-state index contributed by atoms with van der Waals surface area (Å²) in [6.07, 6.45) is 2.28. The van der Waals surface area contributed by atoms with Gasteiger partial charge in [-0.1, -0.05) is 13.3 Å². The van der Waals surface area contributed by atoms with Crippen molar-refractivity contribution < 1.29 is 14.7 Å². The van der Waals surface area contributed by atoms with Crippen molar-refractivity contribution in [3.05, 3.63) is 0 Å². The van der Waals surface area contributed by atoms with Crippen molar-refractivity contribution in [2.75, 3.05) is 19.6 Å². The molecule has 0 aromatic rings. The van der Waals surface area contributed by atoms with E-state index in [-0.39, 0.29) is 24.3 Å². The fraction of sp³-hybridized carbons (Fsp3) is 0.833. The Morgan fingerprint density at radius 3 is 2.65 bits per heavy atom. The van der Waals surface area contributed by atoms with Gasteiger partial charge >= 0.3 is 5.97 Å². The second-order valence-electron chi connectivity index (χ2n) is 4.74. The Bertz CT molecular complexity index is 275. The smallest absolute Gasteiger partial charge is 0.303 e. The van der Waals surface area contributed by atoms with Crippen LogP contribution in [0.1, 0.15) is 33.1 Å². The molecule has 1 amide bonds. The molecule has 0 radical (unpaired) electrons. The molecular formula is C12H22N2O3. The van der Waals surface area contributed by atoms with Gasteiger partial charge in [-0.3, -0.25) is 14.5 Å². The average Bonchev–Trinajstić information content (AvgIpc) is 2.21. The molecule has 0 saturated carbocycles. The molecule has 0 aromatic carbocycles. The Labute approximate surface area is 102 Å². The van der Waals surface area contributed by atoms with E-state index in [1.54, 1.807) is 0 Å². The highest BCUT2D eigenvalue weighted by molar-refractivity contribution is 5.81. The molecule has 0 spiro atoms. The van der Waals surface area contributed by atoms with Gasteiger partial charge in [0, 0.05) is 19.6 Å². The number of nitrogens with one attached hydrogen (secondary N) is 1. The molecule has 98 valence electrons. The molecule has 1 fully saturated rings. The van der Waals surface area contributed by atoms with Crippen LogP contribution in [0.2, 0.25) is 0 Å². The van der Waals surface area contributed by atoms with E-state index in [0.717, 1.165) is 19.4 Å². The number of aliphatic carboxylic acids is 1. The number of hydrogen-bond donors (Lipinski definition) is 2. The van der Waals surface area contributed by atoms with E-state index in [2.05, 4.69) is 12.2 Å². The van der Waals surface area contributed by atoms with Gasteiger partial charge in [0.1, 0.15) is 0 Å². The third-order valence-corrected chi connectivity index (χ3v) is 3.21. The minimum Gasteiger partial charge on any atom is -0.481 e. The van der Waals surface area contributed by atoms with Gasteiger partial charge in [-0.2, -0.15) is 0 Å². The maximum Gasteiger partial charge on any atom is 0.303 e. The van der Waals surface area contributed by atoms with Crippen molar-refractivity contribution >= 4 is 11.9 Å². The van der Waals surface area contributed by atoms with Crippen molar-refractivity contribution in [1.82, 2.24) is 10.2 Å². The van der Waals surface area contributed by atoms with Crippen LogP contribution in [-0.4, -0.2) is 47.6 Å². The van der Waals surface area contributed by atoms with E-state index < -0.39 is 5.97 Å². The molecular weight excluding hydrogens is 220 g/mol. The lowest BCUT2D eigenvalue weighted by Crippen LogP contribution is -2.56. The van der Waals surface area contributed by atoms with Gasteiger partial charge in [-0.05, 0) is 19.3 Å². The average molecular weight is 242 g/mol. The second kappa shape index (κ2) is 6.59. The van der Waals surface area contributed by atoms with E-state index >= 15 is 0 Å². The Hall–Kier alpha value is -1.10. The number of nitrogens with zero attached hydrogens (tertiary/aromatic N) is 1. The molecule has 2 N–H and O–H groups in total. The van der Waals surface area contributed by atoms with Crippen molar-refractivity contribution in [1.29, 1.82) is 0 Å². The molecule has 0 aliphatic carbocycles. The third kappa shape index (κ3) is 4.34. The molecule has 0 aromatic heterocycles. The number of rotatable bonds is 7. The van der Waals surface area contributed by atoms with E-state index in [1.165, 1.54) is 0 Å². The molecule has 1 saturated heterocycles. The van der Waals surface area contributed by atoms with Crippen LogP contribution in [0, 0.1) is 5.92 Å². The first-order valence-electron chi connectivity index (χ1n) is 6.28. The van der Waals surface area contributed by atoms with Crippen LogP contribution in [-0.2, 0) is 9.59 Å². The summed E-state index contributed by atoms with van der Waals surface area (Å²) in [7, 11) is 0. The standard InChI is InChI=1S/C12H22N2O3/c1-3-4-5-13-12(17)9(2)14-7-10(8-14)6-11(15)16/h9-10H,3-8H2,1-2H3,(H,13,17)(H,15,16). The van der Waals surface area contributed by atoms with E-state index in [9.17, 15) is 9.59 Å². The van der Waals surface area contributed by atoms with E-state index in [0.29, 0.717) is 13.1 Å². The first-order valence-corrected chi connectivity index (χ1v) is 6.28. The second-order valence-corrected chi connectivity index (χ2v) is 4.74. The van der Waals surface area contributed by atoms with Gasteiger partial charge in [0.05, 0.1) is 12.5 Å². The number of carbonyl (C=O) groups excluding carboxylic acids is 1. The number of unbranched alkanes of at least 4 members (excludes halogenated alkanes) is 1. The topological polar surface area (TPSA) is 69.6 Å². The predicted molar refractivity (Wildman–Crippen MR) is 64.7 cm³/mol. The molecule has 1 unspecified atom stereocenters. The molecule has 1 rings (SSSR count). The van der Waals surface area contributed by atoms with Gasteiger partial charge in [0.25, 0.3) is 0 Å². The van der Waals surface area contributed by atoms with Gasteiger partial charge in [-0.25, -0.2) is 0 Å². The maximum atomic E-state index is 11.7. The van der Waals surface area contributed by atoms with Gasteiger partial charge in [-0.15, -0.1) is 0 Å². The van der Waals surface area contributed by atoms with Crippen molar-refractivity contribution in [3.8, 4) is 0 Å². The number of amides is 1. The zero-order valence-corrected chi connectivity index (χ0v) is 10.6. The molecule has 1 aliphatic heterocycles. The predicted octanol–water partition coefficient (Wildman–Crippen LogP) is 0.698. The highest BCUT2D eigenvalue weighted by Crippen LogP contribution is 2.21. The van der Waals surface area contributed by atoms with Crippen molar-refractivity contribution in [2.45, 2.75) is 39.2 Å². The summed E-state index contributed by atoms with van der Waals surface area (Å²) in [5.41, 5.74) is 0. The van der Waals surface area contributed by atoms with Crippen LogP contribution in [0.25, 0.3) is 0 Å². The summed E-state index contributed by atoms with van der Waals surface area (Å²) >= 11 is 0. The monoisotopic (exact) mass is 242 g/mol. The lowest BCUT2D eigenvalue weighted by atomic mass is 9.94. The molecule has 1 atom stereocenters. The van der Waals surface area contributed by atoms with Gasteiger partial charge in [0.15, 0.2) is 0 Å². The highest BCUT2D eigenvalue weighted by atomic mass is 16.4. The Morgan fingerprint density at radius 1 is 1.47 bits per heavy atom. The van der Waals surface area contributed by atoms with Gasteiger partial charge < -0.3 is 10.4 Å². The first-order chi connectivity index (χ1) is 8.04. The van der Waals surface area contributed by atoms with Gasteiger partial charge in [0.2, 0.25) is 5.91 Å². The Kier molecular flexibility index (Phi) is 5.41. The third-order valence-electron chi connectivity index (χ3n) is 3.21. The number of carboxylic acids is 1. The van der Waals surface area contributed by atoms with Crippen LogP contribution >= 0.6 is 0 Å². The fourth-order valence-corrected chi connectivity index (χ4v) is 2.00. The SMILES string of the molecule is CCCCNC(=O)C(C)N1CC(CC(=O)O)C1. The number of carbonyl (C=O) groups is 2. The first kappa shape index (κ1) is 14.0. The number of likely N-dealkylation sites (tertiary alicyclic amines) is 1. The molecule has 17 heavy (non-hydrogen) atoms. The van der Waals surface area contributed by atoms with Crippen LogP contribution in [0.5, 0.6) is 0 Å². The molecule has 5 nitrogen and oxygen atoms in total.